The van der Waals surface area contributed by atoms with Gasteiger partial charge in [-0.1, -0.05) is 23.8 Å². The maximum absolute atomic E-state index is 11.1. The molecule has 0 bridgehead atoms. The third kappa shape index (κ3) is 2.71. The number of nitrogens with two attached hydrogens (primary N) is 1. The molecule has 17 heavy (non-hydrogen) atoms. The fraction of sp³-hybridized carbons (Fsp3) is 0.250. The van der Waals surface area contributed by atoms with Crippen LogP contribution in [0.2, 0.25) is 5.02 Å². The molecule has 5 heteroatoms. The Kier molecular flexibility index (Phi) is 4.40. The summed E-state index contributed by atoms with van der Waals surface area (Å²) in [5.74, 6) is -0.846. The lowest BCUT2D eigenvalue weighted by Gasteiger charge is -2.14. The number of carboxylic acid groups (broad SMARTS) is 1. The quantitative estimate of drug-likeness (QED) is 0.811. The maximum Gasteiger partial charge on any atom is 0.339 e. The second-order valence-electron chi connectivity index (χ2n) is 3.30. The van der Waals surface area contributed by atoms with Crippen LogP contribution in [0.1, 0.15) is 29.8 Å². The van der Waals surface area contributed by atoms with E-state index in [1.165, 1.54) is 6.07 Å². The van der Waals surface area contributed by atoms with Crippen LogP contribution in [0.25, 0.3) is 6.08 Å². The monoisotopic (exact) mass is 255 g/mol. The van der Waals surface area contributed by atoms with Crippen molar-refractivity contribution >= 4 is 29.3 Å². The average molecular weight is 256 g/mol. The number of halogens is 1. The van der Waals surface area contributed by atoms with Crippen molar-refractivity contribution in [2.75, 3.05) is 12.3 Å². The molecule has 1 aromatic carbocycles. The van der Waals surface area contributed by atoms with Crippen molar-refractivity contribution in [2.24, 2.45) is 0 Å². The fourth-order valence-corrected chi connectivity index (χ4v) is 1.67. The molecule has 0 spiro atoms. The second-order valence-corrected chi connectivity index (χ2v) is 3.71. The molecular formula is C12H14ClNO3. The summed E-state index contributed by atoms with van der Waals surface area (Å²) in [7, 11) is 0. The summed E-state index contributed by atoms with van der Waals surface area (Å²) in [6.45, 7) is 3.93. The summed E-state index contributed by atoms with van der Waals surface area (Å²) in [4.78, 5) is 11.1. The zero-order valence-corrected chi connectivity index (χ0v) is 10.4. The molecule has 0 saturated carbocycles. The minimum absolute atomic E-state index is 0.0131. The van der Waals surface area contributed by atoms with Crippen LogP contribution < -0.4 is 10.5 Å². The number of carbonyl (C=O) groups is 1. The van der Waals surface area contributed by atoms with Crippen LogP contribution in [0.15, 0.2) is 12.1 Å². The van der Waals surface area contributed by atoms with Gasteiger partial charge in [0.2, 0.25) is 0 Å². The molecule has 1 rings (SSSR count). The van der Waals surface area contributed by atoms with Crippen molar-refractivity contribution in [3.05, 3.63) is 28.3 Å². The summed E-state index contributed by atoms with van der Waals surface area (Å²) < 4.78 is 5.35. The van der Waals surface area contributed by atoms with E-state index in [4.69, 9.17) is 27.2 Å². The number of ether oxygens (including phenoxy) is 1. The zero-order chi connectivity index (χ0) is 13.0. The van der Waals surface area contributed by atoms with Gasteiger partial charge in [-0.15, -0.1) is 0 Å². The van der Waals surface area contributed by atoms with Crippen LogP contribution >= 0.6 is 11.6 Å². The molecule has 0 fully saturated rings. The molecule has 0 aliphatic carbocycles. The molecule has 0 saturated heterocycles. The number of allylic oxidation sites excluding steroid dienone is 1. The van der Waals surface area contributed by atoms with Gasteiger partial charge in [0.25, 0.3) is 0 Å². The van der Waals surface area contributed by atoms with Crippen molar-refractivity contribution in [2.45, 2.75) is 13.8 Å². The number of nitrogen functional groups attached to an aromatic ring is 1. The minimum Gasteiger partial charge on any atom is -0.492 e. The number of anilines is 1. The molecule has 3 N–H and O–H groups in total. The number of hydrogen-bond acceptors (Lipinski definition) is 3. The van der Waals surface area contributed by atoms with Crippen LogP contribution in [0.5, 0.6) is 5.75 Å². The Morgan fingerprint density at radius 2 is 2.29 bits per heavy atom. The Morgan fingerprint density at radius 3 is 2.76 bits per heavy atom. The summed E-state index contributed by atoms with van der Waals surface area (Å²) in [5, 5.41) is 9.30. The predicted molar refractivity (Wildman–Crippen MR) is 68.7 cm³/mol. The minimum atomic E-state index is -1.10. The van der Waals surface area contributed by atoms with Gasteiger partial charge in [-0.05, 0) is 19.9 Å². The molecule has 1 aromatic rings. The van der Waals surface area contributed by atoms with E-state index in [2.05, 4.69) is 0 Å². The van der Waals surface area contributed by atoms with E-state index < -0.39 is 5.97 Å². The van der Waals surface area contributed by atoms with Crippen molar-refractivity contribution < 1.29 is 14.6 Å². The Bertz CT molecular complexity index is 469. The number of aromatic carboxylic acids is 1. The van der Waals surface area contributed by atoms with E-state index in [9.17, 15) is 4.79 Å². The lowest BCUT2D eigenvalue weighted by Crippen LogP contribution is -2.07. The van der Waals surface area contributed by atoms with Crippen LogP contribution in [0, 0.1) is 0 Å². The van der Waals surface area contributed by atoms with E-state index in [0.29, 0.717) is 17.9 Å². The van der Waals surface area contributed by atoms with Gasteiger partial charge >= 0.3 is 5.97 Å². The normalized spacial score (nSPS) is 10.8. The fourth-order valence-electron chi connectivity index (χ4n) is 1.46. The van der Waals surface area contributed by atoms with Gasteiger partial charge in [0.15, 0.2) is 0 Å². The summed E-state index contributed by atoms with van der Waals surface area (Å²) in [6.07, 6.45) is 3.43. The number of carboxylic acids is 1. The van der Waals surface area contributed by atoms with Gasteiger partial charge in [-0.3, -0.25) is 0 Å². The van der Waals surface area contributed by atoms with E-state index in [-0.39, 0.29) is 16.3 Å². The lowest BCUT2D eigenvalue weighted by atomic mass is 10.1. The number of rotatable bonds is 4. The molecule has 4 nitrogen and oxygen atoms in total. The molecular weight excluding hydrogens is 242 g/mol. The molecule has 0 amide bonds. The molecule has 0 aromatic heterocycles. The van der Waals surface area contributed by atoms with Gasteiger partial charge in [0, 0.05) is 5.56 Å². The third-order valence-corrected chi connectivity index (χ3v) is 2.47. The van der Waals surface area contributed by atoms with Crippen LogP contribution in [0.3, 0.4) is 0 Å². The zero-order valence-electron chi connectivity index (χ0n) is 9.66. The van der Waals surface area contributed by atoms with Gasteiger partial charge in [-0.2, -0.15) is 0 Å². The molecule has 0 atom stereocenters. The van der Waals surface area contributed by atoms with E-state index in [0.717, 1.165) is 0 Å². The second kappa shape index (κ2) is 5.59. The molecule has 0 aliphatic heterocycles. The van der Waals surface area contributed by atoms with Gasteiger partial charge in [-0.25, -0.2) is 4.79 Å². The standard InChI is InChI=1S/C12H14ClNO3/c1-3-5-7-10(14)9(13)6-8(12(15)16)11(7)17-4-2/h3,5-6H,4,14H2,1-2H3,(H,15,16). The number of hydrogen-bond donors (Lipinski definition) is 2. The highest BCUT2D eigenvalue weighted by atomic mass is 35.5. The van der Waals surface area contributed by atoms with Crippen LogP contribution in [-0.2, 0) is 0 Å². The first-order valence-corrected chi connectivity index (χ1v) is 5.51. The highest BCUT2D eigenvalue weighted by Gasteiger charge is 2.19. The lowest BCUT2D eigenvalue weighted by molar-refractivity contribution is 0.0692. The Balaban J connectivity index is 3.57. The van der Waals surface area contributed by atoms with E-state index in [1.54, 1.807) is 26.0 Å². The van der Waals surface area contributed by atoms with E-state index >= 15 is 0 Å². The van der Waals surface area contributed by atoms with Crippen LogP contribution in [0.4, 0.5) is 5.69 Å². The molecule has 92 valence electrons. The smallest absolute Gasteiger partial charge is 0.339 e. The Morgan fingerprint density at radius 1 is 1.65 bits per heavy atom. The summed E-state index contributed by atoms with van der Waals surface area (Å²) in [5.41, 5.74) is 6.64. The molecule has 0 aliphatic rings. The van der Waals surface area contributed by atoms with Gasteiger partial charge in [0.1, 0.15) is 11.3 Å². The Hall–Kier alpha value is -1.68. The Labute approximate surface area is 105 Å². The first-order valence-electron chi connectivity index (χ1n) is 5.13. The maximum atomic E-state index is 11.1. The van der Waals surface area contributed by atoms with E-state index in [1.807, 2.05) is 0 Å². The molecule has 0 radical (unpaired) electrons. The van der Waals surface area contributed by atoms with Crippen molar-refractivity contribution in [3.63, 3.8) is 0 Å². The van der Waals surface area contributed by atoms with Gasteiger partial charge < -0.3 is 15.6 Å². The average Bonchev–Trinajstić information content (AvgIpc) is 2.28. The van der Waals surface area contributed by atoms with Crippen molar-refractivity contribution in [1.82, 2.24) is 0 Å². The van der Waals surface area contributed by atoms with Crippen LogP contribution in [-0.4, -0.2) is 17.7 Å². The summed E-state index contributed by atoms with van der Waals surface area (Å²) in [6, 6.07) is 1.30. The first kappa shape index (κ1) is 13.4. The highest BCUT2D eigenvalue weighted by Crippen LogP contribution is 2.36. The topological polar surface area (TPSA) is 72.6 Å². The molecule has 0 heterocycles. The number of benzene rings is 1. The molecule has 0 unspecified atom stereocenters. The van der Waals surface area contributed by atoms with Crippen molar-refractivity contribution in [1.29, 1.82) is 0 Å². The van der Waals surface area contributed by atoms with Gasteiger partial charge in [0.05, 0.1) is 17.3 Å². The third-order valence-electron chi connectivity index (χ3n) is 2.16. The van der Waals surface area contributed by atoms with Crippen molar-refractivity contribution in [3.8, 4) is 5.75 Å². The predicted octanol–water partition coefficient (Wildman–Crippen LogP) is 3.05. The summed E-state index contributed by atoms with van der Waals surface area (Å²) >= 11 is 5.89. The largest absolute Gasteiger partial charge is 0.492 e. The SMILES string of the molecule is CC=Cc1c(N)c(Cl)cc(C(=O)O)c1OCC. The first-order chi connectivity index (χ1) is 8.02. The highest BCUT2D eigenvalue weighted by molar-refractivity contribution is 6.34.